The Morgan fingerprint density at radius 1 is 0.812 bits per heavy atom. The smallest absolute Gasteiger partial charge is 0.165 e. The van der Waals surface area contributed by atoms with Gasteiger partial charge in [-0.05, 0) is 46.3 Å². The molecule has 0 unspecified atom stereocenters. The Labute approximate surface area is 189 Å². The van der Waals surface area contributed by atoms with E-state index < -0.39 is 0 Å². The molecule has 0 bridgehead atoms. The van der Waals surface area contributed by atoms with E-state index >= 15 is 0 Å². The summed E-state index contributed by atoms with van der Waals surface area (Å²) < 4.78 is 10.9. The number of nitrogen functional groups attached to an aromatic ring is 1. The van der Waals surface area contributed by atoms with Gasteiger partial charge in [-0.15, -0.1) is 11.3 Å². The summed E-state index contributed by atoms with van der Waals surface area (Å²) in [6.45, 7) is 0. The van der Waals surface area contributed by atoms with Crippen molar-refractivity contribution in [1.82, 2.24) is 15.0 Å². The van der Waals surface area contributed by atoms with Gasteiger partial charge in [0, 0.05) is 16.5 Å². The van der Waals surface area contributed by atoms with Crippen LogP contribution in [0.5, 0.6) is 11.5 Å². The zero-order valence-corrected chi connectivity index (χ0v) is 18.4. The van der Waals surface area contributed by atoms with Crippen LogP contribution in [0, 0.1) is 0 Å². The van der Waals surface area contributed by atoms with Gasteiger partial charge in [0.1, 0.15) is 23.6 Å². The first-order valence-corrected chi connectivity index (χ1v) is 10.8. The summed E-state index contributed by atoms with van der Waals surface area (Å²) in [5, 5.41) is 2.77. The first-order valence-electron chi connectivity index (χ1n) is 9.95. The highest BCUT2D eigenvalue weighted by Gasteiger charge is 2.15. The van der Waals surface area contributed by atoms with Gasteiger partial charge in [-0.1, -0.05) is 30.3 Å². The number of nitrogens with two attached hydrogens (primary N) is 1. The predicted octanol–water partition coefficient (Wildman–Crippen LogP) is 5.69. The van der Waals surface area contributed by atoms with Crippen molar-refractivity contribution in [2.24, 2.45) is 0 Å². The van der Waals surface area contributed by atoms with Gasteiger partial charge in [-0.3, -0.25) is 0 Å². The zero-order valence-electron chi connectivity index (χ0n) is 17.6. The lowest BCUT2D eigenvalue weighted by atomic mass is 9.98. The minimum absolute atomic E-state index is 0.374. The molecule has 2 N–H and O–H groups in total. The van der Waals surface area contributed by atoms with Crippen LogP contribution in [-0.2, 0) is 0 Å². The van der Waals surface area contributed by atoms with Gasteiger partial charge < -0.3 is 15.2 Å². The highest BCUT2D eigenvalue weighted by Crippen LogP contribution is 2.37. The summed E-state index contributed by atoms with van der Waals surface area (Å²) in [5.41, 5.74) is 11.5. The van der Waals surface area contributed by atoms with Crippen LogP contribution in [0.4, 0.5) is 5.82 Å². The topological polar surface area (TPSA) is 83.2 Å². The second kappa shape index (κ2) is 8.28. The summed E-state index contributed by atoms with van der Waals surface area (Å²) in [6, 6.07) is 20.2. The Morgan fingerprint density at radius 3 is 2.19 bits per heavy atom. The van der Waals surface area contributed by atoms with Gasteiger partial charge in [0.25, 0.3) is 0 Å². The molecular weight excluding hydrogens is 420 g/mol. The number of methoxy groups -OCH3 is 2. The number of hydrogen-bond donors (Lipinski definition) is 1. The minimum Gasteiger partial charge on any atom is -0.497 e. The van der Waals surface area contributed by atoms with Crippen LogP contribution >= 0.6 is 11.3 Å². The molecule has 32 heavy (non-hydrogen) atoms. The molecule has 0 aliphatic rings. The fourth-order valence-corrected chi connectivity index (χ4v) is 4.41. The molecule has 2 aromatic carbocycles. The molecule has 0 radical (unpaired) electrons. The summed E-state index contributed by atoms with van der Waals surface area (Å²) in [6.07, 6.45) is 1.43. The molecule has 5 rings (SSSR count). The van der Waals surface area contributed by atoms with Crippen LogP contribution in [-0.4, -0.2) is 29.2 Å². The standard InChI is InChI=1S/C25H20N4O2S/c1-30-18-10-17(11-19(12-18)31-2)20-13-21(29-25-23(20)24(26)27-14-28-25)15-5-7-16(8-6-15)22-4-3-9-32-22/h3-14H,1-2H3,(H2,26,27,28,29). The van der Waals surface area contributed by atoms with Crippen molar-refractivity contribution < 1.29 is 9.47 Å². The Balaban J connectivity index is 1.70. The number of benzene rings is 2. The minimum atomic E-state index is 0.374. The number of thiophene rings is 1. The van der Waals surface area contributed by atoms with Gasteiger partial charge >= 0.3 is 0 Å². The second-order valence-electron chi connectivity index (χ2n) is 7.17. The Bertz CT molecular complexity index is 1380. The Morgan fingerprint density at radius 2 is 1.53 bits per heavy atom. The van der Waals surface area contributed by atoms with Crippen molar-refractivity contribution in [3.63, 3.8) is 0 Å². The van der Waals surface area contributed by atoms with E-state index in [1.807, 2.05) is 24.3 Å². The average molecular weight is 441 g/mol. The molecule has 0 spiro atoms. The summed E-state index contributed by atoms with van der Waals surface area (Å²) in [4.78, 5) is 14.6. The molecule has 0 atom stereocenters. The molecular formula is C25H20N4O2S. The van der Waals surface area contributed by atoms with E-state index in [4.69, 9.17) is 20.2 Å². The molecule has 0 aliphatic heterocycles. The maximum Gasteiger partial charge on any atom is 0.165 e. The maximum absolute atomic E-state index is 6.25. The summed E-state index contributed by atoms with van der Waals surface area (Å²) in [7, 11) is 3.25. The molecule has 3 aromatic heterocycles. The number of aromatic nitrogens is 3. The van der Waals surface area contributed by atoms with Crippen molar-refractivity contribution in [2.45, 2.75) is 0 Å². The molecule has 158 valence electrons. The third kappa shape index (κ3) is 3.63. The SMILES string of the molecule is COc1cc(OC)cc(-c2cc(-c3ccc(-c4cccs4)cc3)nc3ncnc(N)c23)c1. The van der Waals surface area contributed by atoms with Crippen LogP contribution < -0.4 is 15.2 Å². The highest BCUT2D eigenvalue weighted by atomic mass is 32.1. The number of hydrogen-bond acceptors (Lipinski definition) is 7. The van der Waals surface area contributed by atoms with E-state index in [-0.39, 0.29) is 0 Å². The van der Waals surface area contributed by atoms with Crippen LogP contribution in [0.3, 0.4) is 0 Å². The molecule has 7 heteroatoms. The van der Waals surface area contributed by atoms with Crippen molar-refractivity contribution in [2.75, 3.05) is 20.0 Å². The van der Waals surface area contributed by atoms with Crippen molar-refractivity contribution >= 4 is 28.2 Å². The van der Waals surface area contributed by atoms with Crippen molar-refractivity contribution in [3.05, 3.63) is 72.4 Å². The van der Waals surface area contributed by atoms with E-state index in [0.29, 0.717) is 28.4 Å². The van der Waals surface area contributed by atoms with E-state index in [9.17, 15) is 0 Å². The second-order valence-corrected chi connectivity index (χ2v) is 8.12. The first kappa shape index (κ1) is 20.0. The quantitative estimate of drug-likeness (QED) is 0.378. The number of fused-ring (bicyclic) bond motifs is 1. The average Bonchev–Trinajstić information content (AvgIpc) is 3.38. The number of pyridine rings is 1. The number of nitrogens with zero attached hydrogens (tertiary/aromatic N) is 3. The third-order valence-corrected chi connectivity index (χ3v) is 6.20. The van der Waals surface area contributed by atoms with E-state index in [0.717, 1.165) is 22.4 Å². The van der Waals surface area contributed by atoms with Crippen LogP contribution in [0.15, 0.2) is 72.4 Å². The molecule has 5 aromatic rings. The highest BCUT2D eigenvalue weighted by molar-refractivity contribution is 7.13. The number of ether oxygens (including phenoxy) is 2. The van der Waals surface area contributed by atoms with Gasteiger partial charge in [-0.2, -0.15) is 0 Å². The monoisotopic (exact) mass is 440 g/mol. The summed E-state index contributed by atoms with van der Waals surface area (Å²) in [5.74, 6) is 1.74. The van der Waals surface area contributed by atoms with Crippen molar-refractivity contribution in [3.8, 4) is 44.3 Å². The molecule has 3 heterocycles. The number of rotatable bonds is 5. The normalized spacial score (nSPS) is 10.9. The Hall–Kier alpha value is -3.97. The number of anilines is 1. The molecule has 0 saturated carbocycles. The lowest BCUT2D eigenvalue weighted by Gasteiger charge is -2.13. The van der Waals surface area contributed by atoms with Gasteiger partial charge in [0.05, 0.1) is 25.3 Å². The fraction of sp³-hybridized carbons (Fsp3) is 0.0800. The van der Waals surface area contributed by atoms with Gasteiger partial charge in [-0.25, -0.2) is 15.0 Å². The van der Waals surface area contributed by atoms with Crippen LogP contribution in [0.25, 0.3) is 43.9 Å². The maximum atomic E-state index is 6.25. The third-order valence-electron chi connectivity index (χ3n) is 5.28. The largest absolute Gasteiger partial charge is 0.497 e. The molecule has 0 fully saturated rings. The summed E-state index contributed by atoms with van der Waals surface area (Å²) >= 11 is 1.72. The van der Waals surface area contributed by atoms with Gasteiger partial charge in [0.2, 0.25) is 0 Å². The lowest BCUT2D eigenvalue weighted by molar-refractivity contribution is 0.394. The van der Waals surface area contributed by atoms with Crippen molar-refractivity contribution in [1.29, 1.82) is 0 Å². The van der Waals surface area contributed by atoms with E-state index in [1.54, 1.807) is 25.6 Å². The van der Waals surface area contributed by atoms with E-state index in [1.165, 1.54) is 16.8 Å². The lowest BCUT2D eigenvalue weighted by Crippen LogP contribution is -1.99. The molecule has 0 amide bonds. The van der Waals surface area contributed by atoms with Gasteiger partial charge in [0.15, 0.2) is 5.65 Å². The molecule has 6 nitrogen and oxygen atoms in total. The first-order chi connectivity index (χ1) is 15.7. The fourth-order valence-electron chi connectivity index (χ4n) is 3.67. The van der Waals surface area contributed by atoms with Crippen LogP contribution in [0.2, 0.25) is 0 Å². The molecule has 0 saturated heterocycles. The zero-order chi connectivity index (χ0) is 22.1. The van der Waals surface area contributed by atoms with Crippen LogP contribution in [0.1, 0.15) is 0 Å². The van der Waals surface area contributed by atoms with E-state index in [2.05, 4.69) is 51.7 Å². The predicted molar refractivity (Wildman–Crippen MR) is 129 cm³/mol. The Kier molecular flexibility index (Phi) is 5.17. The molecule has 0 aliphatic carbocycles.